The van der Waals surface area contributed by atoms with Crippen LogP contribution in [0.4, 0.5) is 11.8 Å². The average Bonchev–Trinajstić information content (AvgIpc) is 2.50. The monoisotopic (exact) mass is 323 g/mol. The first-order valence-electron chi connectivity index (χ1n) is 7.28. The quantitative estimate of drug-likeness (QED) is 0.613. The van der Waals surface area contributed by atoms with Crippen LogP contribution < -0.4 is 22.1 Å². The topological polar surface area (TPSA) is 114 Å². The lowest BCUT2D eigenvalue weighted by molar-refractivity contribution is 0.409. The summed E-state index contributed by atoms with van der Waals surface area (Å²) in [5, 5.41) is 6.82. The van der Waals surface area contributed by atoms with E-state index < -0.39 is 0 Å². The maximum atomic E-state index is 6.17. The zero-order valence-corrected chi connectivity index (χ0v) is 13.3. The van der Waals surface area contributed by atoms with Crippen molar-refractivity contribution in [2.24, 2.45) is 16.5 Å². The average molecular weight is 324 g/mol. The maximum absolute atomic E-state index is 6.17. The number of hydrogen-bond acceptors (Lipinski definition) is 7. The lowest BCUT2D eigenvalue weighted by Crippen LogP contribution is -2.35. The number of hydrogen-bond donors (Lipinski definition) is 4. The SMILES string of the molecule is CN=CC(=CN)Nc1ncc(Cl)c(N[C@@H]2CCC[C@H](N)C2)n1. The van der Waals surface area contributed by atoms with Crippen LogP contribution in [0.15, 0.2) is 23.1 Å². The molecule has 0 aliphatic heterocycles. The number of aliphatic imine (C=N–C) groups is 1. The van der Waals surface area contributed by atoms with Crippen LogP contribution in [0.3, 0.4) is 0 Å². The second-order valence-electron chi connectivity index (χ2n) is 5.29. The summed E-state index contributed by atoms with van der Waals surface area (Å²) < 4.78 is 0. The van der Waals surface area contributed by atoms with Crippen molar-refractivity contribution in [3.05, 3.63) is 23.1 Å². The Balaban J connectivity index is 2.09. The first-order chi connectivity index (χ1) is 10.6. The number of nitrogens with two attached hydrogens (primary N) is 2. The number of rotatable bonds is 5. The fourth-order valence-corrected chi connectivity index (χ4v) is 2.61. The Kier molecular flexibility index (Phi) is 5.97. The predicted octanol–water partition coefficient (Wildman–Crippen LogP) is 1.72. The smallest absolute Gasteiger partial charge is 0.229 e. The van der Waals surface area contributed by atoms with E-state index >= 15 is 0 Å². The van der Waals surface area contributed by atoms with Crippen LogP contribution in [0, 0.1) is 0 Å². The Bertz CT molecular complexity index is 558. The fraction of sp³-hybridized carbons (Fsp3) is 0.500. The molecule has 0 spiro atoms. The van der Waals surface area contributed by atoms with Gasteiger partial charge in [0.05, 0.1) is 11.9 Å². The van der Waals surface area contributed by atoms with Crippen molar-refractivity contribution < 1.29 is 0 Å². The highest BCUT2D eigenvalue weighted by atomic mass is 35.5. The molecule has 0 aromatic carbocycles. The van der Waals surface area contributed by atoms with Crippen LogP contribution in [0.1, 0.15) is 25.7 Å². The molecule has 0 saturated heterocycles. The van der Waals surface area contributed by atoms with Gasteiger partial charge in [0.25, 0.3) is 0 Å². The molecule has 0 radical (unpaired) electrons. The molecule has 1 aromatic heterocycles. The van der Waals surface area contributed by atoms with Gasteiger partial charge in [-0.15, -0.1) is 0 Å². The first-order valence-corrected chi connectivity index (χ1v) is 7.66. The molecule has 7 nitrogen and oxygen atoms in total. The van der Waals surface area contributed by atoms with Gasteiger partial charge in [0.2, 0.25) is 5.95 Å². The van der Waals surface area contributed by atoms with Crippen LogP contribution in [-0.2, 0) is 0 Å². The number of allylic oxidation sites excluding steroid dienone is 1. The summed E-state index contributed by atoms with van der Waals surface area (Å²) in [5.74, 6) is 1.01. The second-order valence-corrected chi connectivity index (χ2v) is 5.70. The first kappa shape index (κ1) is 16.5. The molecule has 1 aliphatic carbocycles. The van der Waals surface area contributed by atoms with Crippen LogP contribution in [0.25, 0.3) is 0 Å². The molecule has 6 N–H and O–H groups in total. The van der Waals surface area contributed by atoms with E-state index in [0.717, 1.165) is 25.7 Å². The minimum atomic E-state index is 0.233. The minimum Gasteiger partial charge on any atom is -0.403 e. The molecule has 0 amide bonds. The molecular weight excluding hydrogens is 302 g/mol. The highest BCUT2D eigenvalue weighted by Gasteiger charge is 2.20. The van der Waals surface area contributed by atoms with Crippen LogP contribution in [0.5, 0.6) is 0 Å². The summed E-state index contributed by atoms with van der Waals surface area (Å²) in [6.07, 6.45) is 8.71. The zero-order chi connectivity index (χ0) is 15.9. The van der Waals surface area contributed by atoms with Crippen molar-refractivity contribution in [2.45, 2.75) is 37.8 Å². The Labute approximate surface area is 135 Å². The van der Waals surface area contributed by atoms with E-state index in [1.807, 2.05) is 0 Å². The van der Waals surface area contributed by atoms with Crippen molar-refractivity contribution in [1.29, 1.82) is 0 Å². The van der Waals surface area contributed by atoms with Gasteiger partial charge < -0.3 is 22.1 Å². The van der Waals surface area contributed by atoms with Gasteiger partial charge in [-0.2, -0.15) is 4.98 Å². The molecule has 1 saturated carbocycles. The van der Waals surface area contributed by atoms with Crippen LogP contribution >= 0.6 is 11.6 Å². The van der Waals surface area contributed by atoms with Gasteiger partial charge in [0, 0.05) is 31.5 Å². The summed E-state index contributed by atoms with van der Waals surface area (Å²) in [7, 11) is 1.66. The van der Waals surface area contributed by atoms with Crippen molar-refractivity contribution in [1.82, 2.24) is 9.97 Å². The van der Waals surface area contributed by atoms with E-state index in [9.17, 15) is 0 Å². The highest BCUT2D eigenvalue weighted by molar-refractivity contribution is 6.32. The molecule has 1 aromatic rings. The zero-order valence-electron chi connectivity index (χ0n) is 12.6. The van der Waals surface area contributed by atoms with Gasteiger partial charge in [0.15, 0.2) is 5.82 Å². The fourth-order valence-electron chi connectivity index (χ4n) is 2.47. The van der Waals surface area contributed by atoms with Crippen LogP contribution in [-0.4, -0.2) is 35.3 Å². The van der Waals surface area contributed by atoms with Gasteiger partial charge in [-0.1, -0.05) is 11.6 Å². The van der Waals surface area contributed by atoms with E-state index in [2.05, 4.69) is 25.6 Å². The van der Waals surface area contributed by atoms with Gasteiger partial charge >= 0.3 is 0 Å². The molecule has 1 heterocycles. The summed E-state index contributed by atoms with van der Waals surface area (Å²) in [6.45, 7) is 0. The van der Waals surface area contributed by atoms with Crippen molar-refractivity contribution in [3.63, 3.8) is 0 Å². The molecular formula is C14H22ClN7. The maximum Gasteiger partial charge on any atom is 0.229 e. The molecule has 0 unspecified atom stereocenters. The third kappa shape index (κ3) is 4.57. The summed E-state index contributed by atoms with van der Waals surface area (Å²) in [5.41, 5.74) is 12.1. The second kappa shape index (κ2) is 7.95. The normalized spacial score (nSPS) is 22.8. The van der Waals surface area contributed by atoms with E-state index in [4.69, 9.17) is 23.1 Å². The van der Waals surface area contributed by atoms with Crippen LogP contribution in [0.2, 0.25) is 5.02 Å². The number of aromatic nitrogens is 2. The van der Waals surface area contributed by atoms with E-state index in [0.29, 0.717) is 22.5 Å². The Morgan fingerprint density at radius 2 is 2.32 bits per heavy atom. The van der Waals surface area contributed by atoms with Gasteiger partial charge in [-0.25, -0.2) is 4.98 Å². The number of halogens is 1. The van der Waals surface area contributed by atoms with Crippen molar-refractivity contribution >= 4 is 29.6 Å². The minimum absolute atomic E-state index is 0.233. The summed E-state index contributed by atoms with van der Waals surface area (Å²) in [4.78, 5) is 12.4. The molecule has 8 heteroatoms. The number of nitrogens with zero attached hydrogens (tertiary/aromatic N) is 3. The Hall–Kier alpha value is -1.86. The largest absolute Gasteiger partial charge is 0.403 e. The molecule has 120 valence electrons. The predicted molar refractivity (Wildman–Crippen MR) is 91.2 cm³/mol. The number of nitrogens with one attached hydrogen (secondary N) is 2. The van der Waals surface area contributed by atoms with Crippen molar-refractivity contribution in [2.75, 3.05) is 17.7 Å². The van der Waals surface area contributed by atoms with E-state index in [1.165, 1.54) is 6.20 Å². The van der Waals surface area contributed by atoms with Crippen molar-refractivity contribution in [3.8, 4) is 0 Å². The molecule has 22 heavy (non-hydrogen) atoms. The van der Waals surface area contributed by atoms with E-state index in [-0.39, 0.29) is 12.1 Å². The molecule has 2 atom stereocenters. The highest BCUT2D eigenvalue weighted by Crippen LogP contribution is 2.25. The lowest BCUT2D eigenvalue weighted by Gasteiger charge is -2.28. The molecule has 2 rings (SSSR count). The van der Waals surface area contributed by atoms with Gasteiger partial charge in [-0.05, 0) is 25.7 Å². The third-order valence-corrected chi connectivity index (χ3v) is 3.78. The summed E-state index contributed by atoms with van der Waals surface area (Å²) in [6, 6.07) is 0.516. The molecule has 0 bridgehead atoms. The number of anilines is 2. The molecule has 1 fully saturated rings. The summed E-state index contributed by atoms with van der Waals surface area (Å²) >= 11 is 6.17. The Morgan fingerprint density at radius 1 is 1.50 bits per heavy atom. The molecule has 1 aliphatic rings. The van der Waals surface area contributed by atoms with Gasteiger partial charge in [0.1, 0.15) is 5.02 Å². The third-order valence-electron chi connectivity index (χ3n) is 3.50. The van der Waals surface area contributed by atoms with Gasteiger partial charge in [-0.3, -0.25) is 4.99 Å². The lowest BCUT2D eigenvalue weighted by atomic mass is 9.92. The Morgan fingerprint density at radius 3 is 3.00 bits per heavy atom. The van der Waals surface area contributed by atoms with E-state index in [1.54, 1.807) is 19.5 Å². The standard InChI is InChI=1S/C14H22ClN7/c1-18-7-11(6-16)21-14-19-8-12(15)13(22-14)20-10-4-2-3-9(17)5-10/h6-10H,2-5,16-17H2,1H3,(H2,19,20,21,22)/t9-,10+/m0/s1.